The van der Waals surface area contributed by atoms with E-state index in [9.17, 15) is 5.11 Å². The number of aromatic nitrogens is 2. The average molecular weight is 263 g/mol. The molecule has 3 rings (SSSR count). The Morgan fingerprint density at radius 3 is 2.68 bits per heavy atom. The highest BCUT2D eigenvalue weighted by Gasteiger charge is 2.31. The Bertz CT molecular complexity index is 373. The van der Waals surface area contributed by atoms with Crippen molar-refractivity contribution in [1.82, 2.24) is 15.3 Å². The topological polar surface area (TPSA) is 60.9 Å². The predicted octanol–water partition coefficient (Wildman–Crippen LogP) is 2.53. The molecule has 19 heavy (non-hydrogen) atoms. The molecule has 1 aromatic heterocycles. The predicted molar refractivity (Wildman–Crippen MR) is 74.7 cm³/mol. The van der Waals surface area contributed by atoms with E-state index in [0.717, 1.165) is 25.1 Å². The molecule has 2 aliphatic carbocycles. The molecule has 1 aromatic rings. The summed E-state index contributed by atoms with van der Waals surface area (Å²) in [5.74, 6) is 1.77. The molecule has 3 N–H and O–H groups in total. The van der Waals surface area contributed by atoms with Gasteiger partial charge in [-0.15, -0.1) is 0 Å². The summed E-state index contributed by atoms with van der Waals surface area (Å²) in [6, 6.07) is 0.789. The Kier molecular flexibility index (Phi) is 4.18. The Labute approximate surface area is 115 Å². The molecule has 0 radical (unpaired) electrons. The number of nitrogens with one attached hydrogen (secondary N) is 2. The van der Waals surface area contributed by atoms with Crippen LogP contribution in [0.1, 0.15) is 63.2 Å². The average Bonchev–Trinajstić information content (AvgIpc) is 3.08. The van der Waals surface area contributed by atoms with E-state index in [-0.39, 0.29) is 6.10 Å². The molecule has 0 spiro atoms. The van der Waals surface area contributed by atoms with Gasteiger partial charge in [0.1, 0.15) is 5.82 Å². The fraction of sp³-hybridized carbons (Fsp3) is 0.800. The number of aliphatic hydroxyl groups is 1. The molecule has 0 aliphatic heterocycles. The third-order valence-corrected chi connectivity index (χ3v) is 4.76. The molecule has 0 saturated heterocycles. The molecule has 0 aromatic carbocycles. The third-order valence-electron chi connectivity index (χ3n) is 4.76. The van der Waals surface area contributed by atoms with Crippen LogP contribution in [0, 0.1) is 5.92 Å². The molecule has 2 saturated carbocycles. The molecule has 2 aliphatic rings. The van der Waals surface area contributed by atoms with Crippen LogP contribution >= 0.6 is 0 Å². The van der Waals surface area contributed by atoms with Crippen LogP contribution in [0.2, 0.25) is 0 Å². The standard InChI is InChI=1S/C15H25N3O/c19-13-7-6-12(10-13)18-14(15-16-8-9-17-15)11-4-2-1-3-5-11/h8-9,11-14,18-19H,1-7,10H2,(H,16,17)/t12-,13+,14?/m0/s1. The number of hydrogen-bond donors (Lipinski definition) is 3. The van der Waals surface area contributed by atoms with Crippen molar-refractivity contribution >= 4 is 0 Å². The molecule has 4 nitrogen and oxygen atoms in total. The fourth-order valence-corrected chi connectivity index (χ4v) is 3.72. The van der Waals surface area contributed by atoms with Crippen LogP contribution in [0.15, 0.2) is 12.4 Å². The first kappa shape index (κ1) is 13.1. The van der Waals surface area contributed by atoms with Gasteiger partial charge in [-0.3, -0.25) is 0 Å². The number of nitrogens with zero attached hydrogens (tertiary/aromatic N) is 1. The molecular formula is C15H25N3O. The Morgan fingerprint density at radius 1 is 1.21 bits per heavy atom. The van der Waals surface area contributed by atoms with Gasteiger partial charge in [0.25, 0.3) is 0 Å². The lowest BCUT2D eigenvalue weighted by Gasteiger charge is -2.32. The van der Waals surface area contributed by atoms with Gasteiger partial charge >= 0.3 is 0 Å². The monoisotopic (exact) mass is 263 g/mol. The smallest absolute Gasteiger partial charge is 0.123 e. The molecule has 2 fully saturated rings. The maximum absolute atomic E-state index is 9.69. The molecule has 1 unspecified atom stereocenters. The van der Waals surface area contributed by atoms with Crippen molar-refractivity contribution in [2.45, 2.75) is 69.6 Å². The van der Waals surface area contributed by atoms with Crippen molar-refractivity contribution in [1.29, 1.82) is 0 Å². The molecule has 0 bridgehead atoms. The van der Waals surface area contributed by atoms with Gasteiger partial charge in [0.05, 0.1) is 12.1 Å². The molecule has 4 heteroatoms. The van der Waals surface area contributed by atoms with Crippen LogP contribution < -0.4 is 5.32 Å². The van der Waals surface area contributed by atoms with Crippen LogP contribution in [-0.4, -0.2) is 27.2 Å². The summed E-state index contributed by atoms with van der Waals surface area (Å²) < 4.78 is 0. The second-order valence-corrected chi connectivity index (χ2v) is 6.18. The van der Waals surface area contributed by atoms with Crippen LogP contribution in [0.5, 0.6) is 0 Å². The van der Waals surface area contributed by atoms with E-state index in [1.165, 1.54) is 32.1 Å². The Hall–Kier alpha value is -0.870. The lowest BCUT2D eigenvalue weighted by atomic mass is 9.83. The highest BCUT2D eigenvalue weighted by molar-refractivity contribution is 5.01. The van der Waals surface area contributed by atoms with E-state index < -0.39 is 0 Å². The van der Waals surface area contributed by atoms with Crippen molar-refractivity contribution in [3.63, 3.8) is 0 Å². The Morgan fingerprint density at radius 2 is 2.05 bits per heavy atom. The van der Waals surface area contributed by atoms with Crippen molar-refractivity contribution in [2.75, 3.05) is 0 Å². The lowest BCUT2D eigenvalue weighted by molar-refractivity contribution is 0.175. The molecule has 3 atom stereocenters. The highest BCUT2D eigenvalue weighted by atomic mass is 16.3. The van der Waals surface area contributed by atoms with Crippen molar-refractivity contribution in [2.24, 2.45) is 5.92 Å². The van der Waals surface area contributed by atoms with Gasteiger partial charge in [-0.25, -0.2) is 4.98 Å². The zero-order chi connectivity index (χ0) is 13.1. The van der Waals surface area contributed by atoms with Crippen LogP contribution in [-0.2, 0) is 0 Å². The Balaban J connectivity index is 1.69. The van der Waals surface area contributed by atoms with E-state index >= 15 is 0 Å². The fourth-order valence-electron chi connectivity index (χ4n) is 3.72. The van der Waals surface area contributed by atoms with E-state index in [2.05, 4.69) is 15.3 Å². The minimum absolute atomic E-state index is 0.110. The van der Waals surface area contributed by atoms with E-state index in [0.29, 0.717) is 18.0 Å². The number of imidazole rings is 1. The summed E-state index contributed by atoms with van der Waals surface area (Å²) in [6.07, 6.45) is 13.2. The summed E-state index contributed by atoms with van der Waals surface area (Å²) in [7, 11) is 0. The second kappa shape index (κ2) is 6.06. The van der Waals surface area contributed by atoms with Gasteiger partial charge in [0.15, 0.2) is 0 Å². The van der Waals surface area contributed by atoms with Crippen molar-refractivity contribution in [3.05, 3.63) is 18.2 Å². The SMILES string of the molecule is O[C@@H]1CC[C@H](NC(c2ncc[nH]2)C2CCCCC2)C1. The quantitative estimate of drug-likeness (QED) is 0.782. The first-order chi connectivity index (χ1) is 9.33. The van der Waals surface area contributed by atoms with E-state index in [4.69, 9.17) is 0 Å². The molecule has 0 amide bonds. The first-order valence-corrected chi connectivity index (χ1v) is 7.76. The van der Waals surface area contributed by atoms with Gasteiger partial charge in [-0.05, 0) is 38.0 Å². The highest BCUT2D eigenvalue weighted by Crippen LogP contribution is 2.34. The van der Waals surface area contributed by atoms with Gasteiger partial charge in [0, 0.05) is 18.4 Å². The zero-order valence-electron chi connectivity index (χ0n) is 11.5. The van der Waals surface area contributed by atoms with E-state index in [1.54, 1.807) is 0 Å². The van der Waals surface area contributed by atoms with Crippen LogP contribution in [0.3, 0.4) is 0 Å². The summed E-state index contributed by atoms with van der Waals surface area (Å²) in [5.41, 5.74) is 0. The third kappa shape index (κ3) is 3.18. The second-order valence-electron chi connectivity index (χ2n) is 6.18. The van der Waals surface area contributed by atoms with Crippen LogP contribution in [0.4, 0.5) is 0 Å². The molecule has 106 valence electrons. The van der Waals surface area contributed by atoms with Gasteiger partial charge in [0.2, 0.25) is 0 Å². The maximum atomic E-state index is 9.69. The van der Waals surface area contributed by atoms with Crippen molar-refractivity contribution < 1.29 is 5.11 Å². The molecular weight excluding hydrogens is 238 g/mol. The van der Waals surface area contributed by atoms with E-state index in [1.807, 2.05) is 12.4 Å². The largest absolute Gasteiger partial charge is 0.393 e. The lowest BCUT2D eigenvalue weighted by Crippen LogP contribution is -2.37. The number of aliphatic hydroxyl groups excluding tert-OH is 1. The maximum Gasteiger partial charge on any atom is 0.123 e. The number of H-pyrrole nitrogens is 1. The summed E-state index contributed by atoms with van der Waals surface area (Å²) >= 11 is 0. The van der Waals surface area contributed by atoms with Crippen molar-refractivity contribution in [3.8, 4) is 0 Å². The molecule has 1 heterocycles. The number of rotatable bonds is 4. The number of aromatic amines is 1. The summed E-state index contributed by atoms with van der Waals surface area (Å²) in [4.78, 5) is 7.76. The number of hydrogen-bond acceptors (Lipinski definition) is 3. The minimum Gasteiger partial charge on any atom is -0.393 e. The van der Waals surface area contributed by atoms with Gasteiger partial charge < -0.3 is 15.4 Å². The normalized spacial score (nSPS) is 30.6. The zero-order valence-corrected chi connectivity index (χ0v) is 11.5. The van der Waals surface area contributed by atoms with Gasteiger partial charge in [-0.1, -0.05) is 19.3 Å². The van der Waals surface area contributed by atoms with Crippen LogP contribution in [0.25, 0.3) is 0 Å². The minimum atomic E-state index is -0.110. The van der Waals surface area contributed by atoms with Gasteiger partial charge in [-0.2, -0.15) is 0 Å². The summed E-state index contributed by atoms with van der Waals surface area (Å²) in [6.45, 7) is 0. The first-order valence-electron chi connectivity index (χ1n) is 7.76. The summed E-state index contributed by atoms with van der Waals surface area (Å²) in [5, 5.41) is 13.5.